The van der Waals surface area contributed by atoms with Crippen molar-refractivity contribution in [1.82, 2.24) is 20.2 Å². The molecule has 2 rings (SSSR count). The van der Waals surface area contributed by atoms with Crippen LogP contribution >= 0.6 is 23.4 Å². The normalized spacial score (nSPS) is 12.2. The maximum Gasteiger partial charge on any atom is 0.238 e. The fourth-order valence-electron chi connectivity index (χ4n) is 1.38. The summed E-state index contributed by atoms with van der Waals surface area (Å²) in [6.45, 7) is 3.77. The van der Waals surface area contributed by atoms with Gasteiger partial charge in [-0.05, 0) is 19.1 Å². The van der Waals surface area contributed by atoms with Gasteiger partial charge < -0.3 is 5.32 Å². The number of hydrogen-bond donors (Lipinski definition) is 2. The van der Waals surface area contributed by atoms with Crippen LogP contribution < -0.4 is 5.32 Å². The molecule has 0 spiro atoms. The summed E-state index contributed by atoms with van der Waals surface area (Å²) in [6, 6.07) is 3.32. The number of nitrogens with one attached hydrogen (secondary N) is 2. The molecule has 2 heterocycles. The molecule has 1 amide bonds. The molecule has 0 aliphatic heterocycles. The number of nitrogens with zero attached hydrogens (tertiary/aromatic N) is 3. The number of carbonyl (C=O) groups excluding carboxylic acids is 1. The van der Waals surface area contributed by atoms with E-state index in [9.17, 15) is 4.79 Å². The lowest BCUT2D eigenvalue weighted by atomic mass is 10.4. The molecule has 20 heavy (non-hydrogen) atoms. The topological polar surface area (TPSA) is 83.6 Å². The van der Waals surface area contributed by atoms with Gasteiger partial charge in [-0.2, -0.15) is 0 Å². The van der Waals surface area contributed by atoms with Crippen molar-refractivity contribution in [3.8, 4) is 0 Å². The second-order valence-corrected chi connectivity index (χ2v) is 5.77. The number of anilines is 1. The van der Waals surface area contributed by atoms with Crippen LogP contribution in [0.3, 0.4) is 0 Å². The van der Waals surface area contributed by atoms with Crippen LogP contribution in [0.4, 0.5) is 5.82 Å². The van der Waals surface area contributed by atoms with E-state index in [1.165, 1.54) is 18.0 Å². The van der Waals surface area contributed by atoms with Crippen molar-refractivity contribution in [3.05, 3.63) is 29.2 Å². The van der Waals surface area contributed by atoms with Gasteiger partial charge in [0.2, 0.25) is 11.1 Å². The van der Waals surface area contributed by atoms with Crippen LogP contribution in [0.5, 0.6) is 0 Å². The molecule has 0 aliphatic carbocycles. The van der Waals surface area contributed by atoms with E-state index in [1.54, 1.807) is 19.1 Å². The predicted octanol–water partition coefficient (Wildman–Crippen LogP) is 2.53. The summed E-state index contributed by atoms with van der Waals surface area (Å²) in [6.07, 6.45) is 2.26. The summed E-state index contributed by atoms with van der Waals surface area (Å²) in [7, 11) is 0. The lowest BCUT2D eigenvalue weighted by molar-refractivity contribution is -0.115. The fourth-order valence-corrected chi connectivity index (χ4v) is 2.23. The number of hydrogen-bond acceptors (Lipinski definition) is 5. The van der Waals surface area contributed by atoms with Crippen molar-refractivity contribution < 1.29 is 4.79 Å². The van der Waals surface area contributed by atoms with E-state index < -0.39 is 0 Å². The number of aromatic amines is 1. The minimum atomic E-state index is -0.326. The summed E-state index contributed by atoms with van der Waals surface area (Å²) < 4.78 is 0. The first kappa shape index (κ1) is 14.8. The van der Waals surface area contributed by atoms with E-state index in [-0.39, 0.29) is 11.2 Å². The van der Waals surface area contributed by atoms with E-state index in [4.69, 9.17) is 11.6 Å². The summed E-state index contributed by atoms with van der Waals surface area (Å²) >= 11 is 7.03. The SMILES string of the molecule is CCc1nc(S[C@@H](C)C(=O)Nc2ccc(Cl)cn2)n[nH]1. The maximum absolute atomic E-state index is 12.0. The summed E-state index contributed by atoms with van der Waals surface area (Å²) in [5.74, 6) is 1.11. The highest BCUT2D eigenvalue weighted by Crippen LogP contribution is 2.20. The van der Waals surface area contributed by atoms with Crippen LogP contribution in [0.25, 0.3) is 0 Å². The molecule has 2 aromatic heterocycles. The zero-order valence-electron chi connectivity index (χ0n) is 11.1. The number of amides is 1. The second-order valence-electron chi connectivity index (χ2n) is 4.03. The first-order valence-corrected chi connectivity index (χ1v) is 7.34. The Kier molecular flexibility index (Phi) is 4.97. The van der Waals surface area contributed by atoms with Gasteiger partial charge in [-0.3, -0.25) is 9.89 Å². The molecule has 0 aromatic carbocycles. The number of halogens is 1. The van der Waals surface area contributed by atoms with Crippen molar-refractivity contribution in [1.29, 1.82) is 0 Å². The van der Waals surface area contributed by atoms with Crippen molar-refractivity contribution in [3.63, 3.8) is 0 Å². The molecule has 6 nitrogen and oxygen atoms in total. The molecule has 8 heteroatoms. The minimum absolute atomic E-state index is 0.160. The van der Waals surface area contributed by atoms with Gasteiger partial charge in [0.15, 0.2) is 0 Å². The molecule has 0 radical (unpaired) electrons. The number of aryl methyl sites for hydroxylation is 1. The Morgan fingerprint density at radius 1 is 1.55 bits per heavy atom. The Bertz CT molecular complexity index is 586. The Labute approximate surface area is 125 Å². The van der Waals surface area contributed by atoms with E-state index in [0.29, 0.717) is 16.0 Å². The molecule has 0 fully saturated rings. The van der Waals surface area contributed by atoms with Crippen LogP contribution in [0.15, 0.2) is 23.5 Å². The number of H-pyrrole nitrogens is 1. The third-order valence-corrected chi connectivity index (χ3v) is 3.66. The lowest BCUT2D eigenvalue weighted by Gasteiger charge is -2.09. The highest BCUT2D eigenvalue weighted by molar-refractivity contribution is 8.00. The van der Waals surface area contributed by atoms with Gasteiger partial charge in [-0.1, -0.05) is 30.3 Å². The van der Waals surface area contributed by atoms with E-state index >= 15 is 0 Å². The lowest BCUT2D eigenvalue weighted by Crippen LogP contribution is -2.23. The van der Waals surface area contributed by atoms with Gasteiger partial charge >= 0.3 is 0 Å². The zero-order valence-corrected chi connectivity index (χ0v) is 12.6. The monoisotopic (exact) mass is 311 g/mol. The molecule has 0 bridgehead atoms. The molecule has 2 N–H and O–H groups in total. The maximum atomic E-state index is 12.0. The molecular weight excluding hydrogens is 298 g/mol. The average molecular weight is 312 g/mol. The van der Waals surface area contributed by atoms with Crippen molar-refractivity contribution in [2.75, 3.05) is 5.32 Å². The van der Waals surface area contributed by atoms with Crippen LogP contribution in [0.1, 0.15) is 19.7 Å². The molecule has 0 saturated carbocycles. The number of carbonyl (C=O) groups is 1. The van der Waals surface area contributed by atoms with Crippen LogP contribution in [-0.4, -0.2) is 31.3 Å². The quantitative estimate of drug-likeness (QED) is 0.829. The van der Waals surface area contributed by atoms with Crippen LogP contribution in [0.2, 0.25) is 5.02 Å². The third kappa shape index (κ3) is 3.94. The summed E-state index contributed by atoms with van der Waals surface area (Å²) in [5, 5.41) is 10.3. The molecule has 2 aromatic rings. The Morgan fingerprint density at radius 3 is 2.95 bits per heavy atom. The standard InChI is InChI=1S/C12H14ClN5OS/c1-3-9-16-12(18-17-9)20-7(2)11(19)15-10-5-4-8(13)6-14-10/h4-7H,3H2,1-2H3,(H,14,15,19)(H,16,17,18)/t7-/m0/s1. The number of rotatable bonds is 5. The van der Waals surface area contributed by atoms with Gasteiger partial charge in [0.1, 0.15) is 11.6 Å². The van der Waals surface area contributed by atoms with Crippen LogP contribution in [-0.2, 0) is 11.2 Å². The van der Waals surface area contributed by atoms with Crippen molar-refractivity contribution in [2.45, 2.75) is 30.7 Å². The molecule has 1 atom stereocenters. The first-order valence-electron chi connectivity index (χ1n) is 6.09. The third-order valence-electron chi connectivity index (χ3n) is 2.48. The smallest absolute Gasteiger partial charge is 0.238 e. The summed E-state index contributed by atoms with van der Waals surface area (Å²) in [4.78, 5) is 20.3. The number of thioether (sulfide) groups is 1. The number of pyridine rings is 1. The second kappa shape index (κ2) is 6.71. The molecule has 0 saturated heterocycles. The van der Waals surface area contributed by atoms with E-state index in [1.807, 2.05) is 6.92 Å². The molecule has 106 valence electrons. The first-order chi connectivity index (χ1) is 9.58. The average Bonchev–Trinajstić information content (AvgIpc) is 2.89. The Morgan fingerprint density at radius 2 is 2.35 bits per heavy atom. The molecule has 0 unspecified atom stereocenters. The van der Waals surface area contributed by atoms with Crippen LogP contribution in [0, 0.1) is 0 Å². The highest BCUT2D eigenvalue weighted by Gasteiger charge is 2.17. The minimum Gasteiger partial charge on any atom is -0.310 e. The van der Waals surface area contributed by atoms with Crippen molar-refractivity contribution in [2.24, 2.45) is 0 Å². The fraction of sp³-hybridized carbons (Fsp3) is 0.333. The van der Waals surface area contributed by atoms with Crippen molar-refractivity contribution >= 4 is 35.1 Å². The van der Waals surface area contributed by atoms with Gasteiger partial charge in [0.25, 0.3) is 0 Å². The van der Waals surface area contributed by atoms with Gasteiger partial charge in [-0.25, -0.2) is 9.97 Å². The van der Waals surface area contributed by atoms with Gasteiger partial charge in [-0.15, -0.1) is 5.10 Å². The summed E-state index contributed by atoms with van der Waals surface area (Å²) in [5.41, 5.74) is 0. The number of aromatic nitrogens is 4. The largest absolute Gasteiger partial charge is 0.310 e. The molecular formula is C12H14ClN5OS. The molecule has 0 aliphatic rings. The Balaban J connectivity index is 1.93. The predicted molar refractivity (Wildman–Crippen MR) is 79.0 cm³/mol. The van der Waals surface area contributed by atoms with E-state index in [2.05, 4.69) is 25.5 Å². The Hall–Kier alpha value is -1.60. The van der Waals surface area contributed by atoms with Gasteiger partial charge in [0.05, 0.1) is 10.3 Å². The van der Waals surface area contributed by atoms with Gasteiger partial charge in [0, 0.05) is 12.6 Å². The highest BCUT2D eigenvalue weighted by atomic mass is 35.5. The van der Waals surface area contributed by atoms with E-state index in [0.717, 1.165) is 12.2 Å². The zero-order chi connectivity index (χ0) is 14.5.